The van der Waals surface area contributed by atoms with Gasteiger partial charge in [-0.1, -0.05) is 12.1 Å². The average Bonchev–Trinajstić information content (AvgIpc) is 3.28. The first kappa shape index (κ1) is 24.2. The van der Waals surface area contributed by atoms with E-state index in [2.05, 4.69) is 20.7 Å². The summed E-state index contributed by atoms with van der Waals surface area (Å²) in [4.78, 5) is 35.5. The number of benzene rings is 2. The Morgan fingerprint density at radius 3 is 2.74 bits per heavy atom. The second-order valence-electron chi connectivity index (χ2n) is 9.91. The monoisotopic (exact) mass is 519 g/mol. The number of hydrogen-bond acceptors (Lipinski definition) is 7. The van der Waals surface area contributed by atoms with Crippen LogP contribution < -0.4 is 25.9 Å². The van der Waals surface area contributed by atoms with E-state index in [-0.39, 0.29) is 17.0 Å². The number of hydrazine groups is 1. The maximum atomic E-state index is 15.6. The second-order valence-corrected chi connectivity index (χ2v) is 9.91. The number of amides is 1. The molecular formula is C27H30FN7O3. The number of fused-ring (bicyclic) bond motifs is 1. The zero-order valence-corrected chi connectivity index (χ0v) is 21.6. The van der Waals surface area contributed by atoms with E-state index in [0.29, 0.717) is 49.1 Å². The molecule has 0 unspecified atom stereocenters. The van der Waals surface area contributed by atoms with Crippen molar-refractivity contribution in [3.63, 3.8) is 0 Å². The molecule has 1 atom stereocenters. The van der Waals surface area contributed by atoms with Gasteiger partial charge in [0.1, 0.15) is 17.9 Å². The lowest BCUT2D eigenvalue weighted by atomic mass is 10.0. The number of carbonyl (C=O) groups excluding carboxylic acids is 1. The fourth-order valence-corrected chi connectivity index (χ4v) is 5.37. The minimum absolute atomic E-state index is 0.0874. The zero-order chi connectivity index (χ0) is 26.6. The van der Waals surface area contributed by atoms with Crippen LogP contribution in [0.25, 0.3) is 21.9 Å². The molecule has 0 radical (unpaired) electrons. The van der Waals surface area contributed by atoms with Crippen molar-refractivity contribution >= 4 is 39.5 Å². The molecule has 198 valence electrons. The van der Waals surface area contributed by atoms with Gasteiger partial charge in [0.2, 0.25) is 11.4 Å². The molecule has 4 heterocycles. The number of rotatable bonds is 5. The Labute approximate surface area is 218 Å². The number of imidazole rings is 1. The number of likely N-dealkylation sites (N-methyl/N-ethyl adjacent to an activating group) is 1. The third kappa shape index (κ3) is 3.85. The third-order valence-electron chi connectivity index (χ3n) is 7.46. The van der Waals surface area contributed by atoms with Gasteiger partial charge in [-0.2, -0.15) is 0 Å². The molecule has 1 saturated heterocycles. The molecule has 0 bridgehead atoms. The molecule has 1 amide bonds. The Morgan fingerprint density at radius 2 is 1.97 bits per heavy atom. The van der Waals surface area contributed by atoms with Crippen LogP contribution in [-0.4, -0.2) is 64.8 Å². The van der Waals surface area contributed by atoms with Gasteiger partial charge >= 0.3 is 0 Å². The number of carbonyl (C=O) groups is 1. The van der Waals surface area contributed by atoms with Crippen LogP contribution in [-0.2, 0) is 6.54 Å². The quantitative estimate of drug-likeness (QED) is 0.392. The van der Waals surface area contributed by atoms with Crippen LogP contribution in [0, 0.1) is 5.82 Å². The molecule has 38 heavy (non-hydrogen) atoms. The summed E-state index contributed by atoms with van der Waals surface area (Å²) >= 11 is 0. The number of pyridine rings is 1. The van der Waals surface area contributed by atoms with E-state index >= 15 is 4.39 Å². The number of piperazine rings is 1. The Kier molecular flexibility index (Phi) is 5.94. The number of anilines is 2. The molecule has 6 rings (SSSR count). The molecule has 10 nitrogen and oxygen atoms in total. The van der Waals surface area contributed by atoms with E-state index in [1.54, 1.807) is 6.20 Å². The highest BCUT2D eigenvalue weighted by Gasteiger charge is 2.31. The summed E-state index contributed by atoms with van der Waals surface area (Å²) in [6.07, 6.45) is 1.55. The molecular weight excluding hydrogens is 489 g/mol. The van der Waals surface area contributed by atoms with Gasteiger partial charge in [0.25, 0.3) is 5.91 Å². The van der Waals surface area contributed by atoms with Crippen molar-refractivity contribution in [3.8, 4) is 5.75 Å². The summed E-state index contributed by atoms with van der Waals surface area (Å²) in [7, 11) is 2.04. The van der Waals surface area contributed by atoms with Crippen molar-refractivity contribution in [2.75, 3.05) is 50.2 Å². The van der Waals surface area contributed by atoms with Crippen molar-refractivity contribution in [2.24, 2.45) is 0 Å². The molecule has 4 aromatic rings. The molecule has 2 aliphatic heterocycles. The number of aromatic nitrogens is 3. The van der Waals surface area contributed by atoms with Crippen molar-refractivity contribution in [2.45, 2.75) is 26.4 Å². The summed E-state index contributed by atoms with van der Waals surface area (Å²) < 4.78 is 25.4. The first-order chi connectivity index (χ1) is 18.4. The molecule has 2 N–H and O–H groups in total. The maximum Gasteiger partial charge on any atom is 0.275 e. The molecule has 0 saturated carbocycles. The lowest BCUT2D eigenvalue weighted by Gasteiger charge is -2.37. The topological polar surface area (TPSA) is 96.7 Å². The lowest BCUT2D eigenvalue weighted by molar-refractivity contribution is 0.0960. The fraction of sp³-hybridized carbons (Fsp3) is 0.370. The standard InChI is InChI=1S/C27H30FN7O3/c1-4-34-21-8-6-5-7-20(21)29-27(34)31-30-26(37)18-14-35-16(2)15-38-25-22(35)17(24(18)36)13-19(28)23(25)33-11-9-32(3)10-12-33/h5-8,13-14,16H,4,9-12,15H2,1-3H3,(H,29,31)(H,30,37)/t16-/m0/s1. The van der Waals surface area contributed by atoms with Crippen LogP contribution in [0.1, 0.15) is 30.2 Å². The van der Waals surface area contributed by atoms with Gasteiger partial charge in [0.15, 0.2) is 11.6 Å². The van der Waals surface area contributed by atoms with Crippen LogP contribution in [0.3, 0.4) is 0 Å². The number of nitrogens with one attached hydrogen (secondary N) is 2. The SMILES string of the molecule is CCn1c(NNC(=O)c2cn3c4c(c(N5CCN(C)CC5)c(F)cc4c2=O)OC[C@@H]3C)nc2ccccc21. The molecule has 2 aromatic heterocycles. The smallest absolute Gasteiger partial charge is 0.275 e. The summed E-state index contributed by atoms with van der Waals surface area (Å²) in [5, 5.41) is 0.121. The van der Waals surface area contributed by atoms with E-state index in [1.807, 2.05) is 59.2 Å². The number of halogens is 1. The Morgan fingerprint density at radius 1 is 1.21 bits per heavy atom. The predicted octanol–water partition coefficient (Wildman–Crippen LogP) is 2.97. The van der Waals surface area contributed by atoms with Gasteiger partial charge in [0, 0.05) is 38.9 Å². The van der Waals surface area contributed by atoms with E-state index in [0.717, 1.165) is 24.1 Å². The van der Waals surface area contributed by atoms with Gasteiger partial charge in [-0.15, -0.1) is 0 Å². The zero-order valence-electron chi connectivity index (χ0n) is 21.6. The van der Waals surface area contributed by atoms with Gasteiger partial charge < -0.3 is 23.7 Å². The first-order valence-corrected chi connectivity index (χ1v) is 12.9. The highest BCUT2D eigenvalue weighted by Crippen LogP contribution is 2.42. The van der Waals surface area contributed by atoms with Crippen molar-refractivity contribution in [3.05, 3.63) is 58.1 Å². The summed E-state index contributed by atoms with van der Waals surface area (Å²) in [5.74, 6) is -0.334. The number of aryl methyl sites for hydroxylation is 1. The van der Waals surface area contributed by atoms with Crippen LogP contribution >= 0.6 is 0 Å². The van der Waals surface area contributed by atoms with Crippen LogP contribution in [0.15, 0.2) is 41.3 Å². The van der Waals surface area contributed by atoms with Gasteiger partial charge in [-0.25, -0.2) is 9.37 Å². The highest BCUT2D eigenvalue weighted by molar-refractivity contribution is 6.00. The van der Waals surface area contributed by atoms with Crippen LogP contribution in [0.5, 0.6) is 5.75 Å². The summed E-state index contributed by atoms with van der Waals surface area (Å²) in [6, 6.07) is 8.75. The van der Waals surface area contributed by atoms with E-state index < -0.39 is 17.2 Å². The van der Waals surface area contributed by atoms with Crippen LogP contribution in [0.2, 0.25) is 0 Å². The number of para-hydroxylation sites is 2. The van der Waals surface area contributed by atoms with Gasteiger partial charge in [0.05, 0.1) is 28.0 Å². The summed E-state index contributed by atoms with van der Waals surface area (Å²) in [6.45, 7) is 7.78. The molecule has 0 spiro atoms. The minimum atomic E-state index is -0.626. The fourth-order valence-electron chi connectivity index (χ4n) is 5.37. The molecule has 1 fully saturated rings. The van der Waals surface area contributed by atoms with Gasteiger partial charge in [-0.05, 0) is 39.1 Å². The van der Waals surface area contributed by atoms with Crippen molar-refractivity contribution in [1.82, 2.24) is 24.4 Å². The number of nitrogens with zero attached hydrogens (tertiary/aromatic N) is 5. The second kappa shape index (κ2) is 9.32. The minimum Gasteiger partial charge on any atom is -0.487 e. The van der Waals surface area contributed by atoms with Crippen molar-refractivity contribution < 1.29 is 13.9 Å². The number of hydrogen-bond donors (Lipinski definition) is 2. The largest absolute Gasteiger partial charge is 0.487 e. The highest BCUT2D eigenvalue weighted by atomic mass is 19.1. The first-order valence-electron chi connectivity index (χ1n) is 12.9. The molecule has 11 heteroatoms. The predicted molar refractivity (Wildman–Crippen MR) is 145 cm³/mol. The summed E-state index contributed by atoms with van der Waals surface area (Å²) in [5.41, 5.74) is 7.44. The molecule has 2 aromatic carbocycles. The van der Waals surface area contributed by atoms with Gasteiger partial charge in [-0.3, -0.25) is 20.4 Å². The van der Waals surface area contributed by atoms with E-state index in [1.165, 1.54) is 6.07 Å². The van der Waals surface area contributed by atoms with Crippen LogP contribution in [0.4, 0.5) is 16.0 Å². The van der Waals surface area contributed by atoms with E-state index in [4.69, 9.17) is 4.74 Å². The lowest BCUT2D eigenvalue weighted by Crippen LogP contribution is -2.45. The average molecular weight is 520 g/mol. The Bertz CT molecular complexity index is 1620. The number of ether oxygens (including phenoxy) is 1. The molecule has 0 aliphatic carbocycles. The Balaban J connectivity index is 1.38. The molecule has 2 aliphatic rings. The normalized spacial score (nSPS) is 17.6. The Hall–Kier alpha value is -4.12. The third-order valence-corrected chi connectivity index (χ3v) is 7.46. The maximum absolute atomic E-state index is 15.6. The van der Waals surface area contributed by atoms with E-state index in [9.17, 15) is 9.59 Å². The van der Waals surface area contributed by atoms with Crippen molar-refractivity contribution in [1.29, 1.82) is 0 Å².